The van der Waals surface area contributed by atoms with E-state index in [2.05, 4.69) is 6.58 Å². The van der Waals surface area contributed by atoms with Gasteiger partial charge in [-0.1, -0.05) is 5.57 Å². The van der Waals surface area contributed by atoms with Gasteiger partial charge in [0.1, 0.15) is 5.82 Å². The van der Waals surface area contributed by atoms with Crippen LogP contribution in [-0.2, 0) is 0 Å². The number of aromatic hydroxyl groups is 1. The predicted octanol–water partition coefficient (Wildman–Crippen LogP) is 2.93. The molecular weight excluding hydrogens is 245 g/mol. The summed E-state index contributed by atoms with van der Waals surface area (Å²) in [6, 6.07) is 1.85. The van der Waals surface area contributed by atoms with Gasteiger partial charge in [-0.15, -0.1) is 19.0 Å². The molecule has 0 saturated heterocycles. The van der Waals surface area contributed by atoms with E-state index in [0.717, 1.165) is 11.6 Å². The number of phenols is 1. The van der Waals surface area contributed by atoms with Crippen molar-refractivity contribution < 1.29 is 14.2 Å². The van der Waals surface area contributed by atoms with Gasteiger partial charge in [-0.05, 0) is 19.4 Å². The Kier molecular flexibility index (Phi) is 5.99. The van der Waals surface area contributed by atoms with Gasteiger partial charge in [0.25, 0.3) is 0 Å². The average Bonchev–Trinajstić information content (AvgIpc) is 2.19. The largest absolute Gasteiger partial charge is 0.504 e. The highest BCUT2D eigenvalue weighted by Gasteiger charge is 2.16. The highest BCUT2D eigenvalue weighted by Crippen LogP contribution is 2.35. The summed E-state index contributed by atoms with van der Waals surface area (Å²) in [5.41, 5.74) is 7.05. The van der Waals surface area contributed by atoms with Crippen molar-refractivity contribution in [2.24, 2.45) is 5.73 Å². The van der Waals surface area contributed by atoms with Crippen molar-refractivity contribution in [3.63, 3.8) is 0 Å². The molecule has 0 aliphatic heterocycles. The Morgan fingerprint density at radius 1 is 1.59 bits per heavy atom. The first kappa shape index (κ1) is 15.7. The maximum Gasteiger partial charge on any atom is 0.163 e. The summed E-state index contributed by atoms with van der Waals surface area (Å²) in [7, 11) is 1.36. The van der Waals surface area contributed by atoms with Gasteiger partial charge in [-0.3, -0.25) is 0 Å². The minimum absolute atomic E-state index is 0. The predicted molar refractivity (Wildman–Crippen MR) is 68.2 cm³/mol. The summed E-state index contributed by atoms with van der Waals surface area (Å²) in [6.45, 7) is 5.56. The van der Waals surface area contributed by atoms with E-state index >= 15 is 0 Å². The zero-order valence-corrected chi connectivity index (χ0v) is 10.7. The van der Waals surface area contributed by atoms with Crippen LogP contribution < -0.4 is 10.5 Å². The van der Waals surface area contributed by atoms with E-state index in [1.807, 2.05) is 6.92 Å². The lowest BCUT2D eigenvalue weighted by molar-refractivity contribution is 0.365. The smallest absolute Gasteiger partial charge is 0.163 e. The number of hydrogen-bond donors (Lipinski definition) is 2. The zero-order chi connectivity index (χ0) is 12.3. The molecular formula is C12H17ClFNO2. The van der Waals surface area contributed by atoms with Gasteiger partial charge >= 0.3 is 0 Å². The van der Waals surface area contributed by atoms with Crippen molar-refractivity contribution in [3.8, 4) is 11.5 Å². The first-order valence-corrected chi connectivity index (χ1v) is 4.92. The average molecular weight is 262 g/mol. The van der Waals surface area contributed by atoms with Gasteiger partial charge in [0.05, 0.1) is 7.11 Å². The molecule has 0 radical (unpaired) electrons. The highest BCUT2D eigenvalue weighted by molar-refractivity contribution is 5.85. The first-order chi connectivity index (χ1) is 7.45. The van der Waals surface area contributed by atoms with Crippen LogP contribution in [0, 0.1) is 5.82 Å². The first-order valence-electron chi connectivity index (χ1n) is 4.92. The summed E-state index contributed by atoms with van der Waals surface area (Å²) >= 11 is 0. The monoisotopic (exact) mass is 261 g/mol. The van der Waals surface area contributed by atoms with Crippen LogP contribution in [0.4, 0.5) is 4.39 Å². The van der Waals surface area contributed by atoms with Gasteiger partial charge in [0, 0.05) is 17.7 Å². The number of halogens is 2. The van der Waals surface area contributed by atoms with Crippen LogP contribution in [0.2, 0.25) is 0 Å². The lowest BCUT2D eigenvalue weighted by Gasteiger charge is -2.15. The minimum atomic E-state index is -0.484. The molecule has 0 spiro atoms. The Hall–Kier alpha value is -1.26. The van der Waals surface area contributed by atoms with Gasteiger partial charge in [-0.25, -0.2) is 4.39 Å². The third kappa shape index (κ3) is 3.91. The second kappa shape index (κ2) is 6.47. The van der Waals surface area contributed by atoms with E-state index < -0.39 is 11.9 Å². The molecule has 1 atom stereocenters. The maximum absolute atomic E-state index is 13.2. The molecule has 3 nitrogen and oxygen atoms in total. The number of phenolic OH excluding ortho intramolecular Hbond substituents is 1. The van der Waals surface area contributed by atoms with Crippen LogP contribution in [0.3, 0.4) is 0 Å². The lowest BCUT2D eigenvalue weighted by Crippen LogP contribution is -2.11. The Bertz CT molecular complexity index is 410. The number of rotatable bonds is 4. The van der Waals surface area contributed by atoms with Crippen LogP contribution in [0.25, 0.3) is 0 Å². The summed E-state index contributed by atoms with van der Waals surface area (Å²) < 4.78 is 18.1. The molecule has 0 fully saturated rings. The minimum Gasteiger partial charge on any atom is -0.504 e. The van der Waals surface area contributed by atoms with E-state index in [1.54, 1.807) is 0 Å². The fourth-order valence-corrected chi connectivity index (χ4v) is 1.52. The normalized spacial score (nSPS) is 11.5. The molecule has 0 aliphatic carbocycles. The van der Waals surface area contributed by atoms with E-state index in [9.17, 15) is 9.50 Å². The lowest BCUT2D eigenvalue weighted by atomic mass is 10.00. The van der Waals surface area contributed by atoms with E-state index in [1.165, 1.54) is 13.2 Å². The molecule has 1 rings (SSSR count). The molecule has 1 aromatic rings. The van der Waals surface area contributed by atoms with Gasteiger partial charge in [0.15, 0.2) is 11.5 Å². The Morgan fingerprint density at radius 2 is 2.18 bits per heavy atom. The fraction of sp³-hybridized carbons (Fsp3) is 0.333. The third-order valence-corrected chi connectivity index (χ3v) is 2.26. The van der Waals surface area contributed by atoms with Crippen LogP contribution in [-0.4, -0.2) is 12.2 Å². The topological polar surface area (TPSA) is 55.5 Å². The Balaban J connectivity index is 0.00000256. The highest BCUT2D eigenvalue weighted by atomic mass is 35.5. The number of hydrogen-bond acceptors (Lipinski definition) is 3. The number of ether oxygens (including phenoxy) is 1. The number of methoxy groups -OCH3 is 1. The maximum atomic E-state index is 13.2. The second-order valence-electron chi connectivity index (χ2n) is 3.81. The van der Waals surface area contributed by atoms with Crippen LogP contribution in [0.5, 0.6) is 11.5 Å². The molecule has 1 aromatic carbocycles. The third-order valence-electron chi connectivity index (χ3n) is 2.26. The summed E-state index contributed by atoms with van der Waals surface area (Å²) in [5.74, 6) is -0.508. The molecule has 5 heteroatoms. The van der Waals surface area contributed by atoms with Gasteiger partial charge < -0.3 is 15.6 Å². The van der Waals surface area contributed by atoms with Crippen molar-refractivity contribution in [2.45, 2.75) is 19.4 Å². The van der Waals surface area contributed by atoms with E-state index in [0.29, 0.717) is 12.0 Å². The Morgan fingerprint density at radius 3 is 2.65 bits per heavy atom. The van der Waals surface area contributed by atoms with E-state index in [4.69, 9.17) is 10.5 Å². The Labute approximate surface area is 106 Å². The summed E-state index contributed by atoms with van der Waals surface area (Å²) in [6.07, 6.45) is 0.486. The van der Waals surface area contributed by atoms with E-state index in [-0.39, 0.29) is 23.9 Å². The number of nitrogens with two attached hydrogens (primary N) is 1. The molecule has 3 N–H and O–H groups in total. The molecule has 0 amide bonds. The molecule has 0 unspecified atom stereocenters. The fourth-order valence-electron chi connectivity index (χ4n) is 1.52. The van der Waals surface area contributed by atoms with Crippen LogP contribution in [0.1, 0.15) is 24.9 Å². The second-order valence-corrected chi connectivity index (χ2v) is 3.81. The van der Waals surface area contributed by atoms with Crippen LogP contribution in [0.15, 0.2) is 24.3 Å². The van der Waals surface area contributed by atoms with Crippen molar-refractivity contribution in [2.75, 3.05) is 7.11 Å². The zero-order valence-electron chi connectivity index (χ0n) is 9.87. The molecule has 0 heterocycles. The quantitative estimate of drug-likeness (QED) is 0.820. The summed E-state index contributed by atoms with van der Waals surface area (Å²) in [4.78, 5) is 0. The SMILES string of the molecule is C=C(C)C[C@H](N)c1cc(F)cc(OC)c1O.Cl. The molecule has 0 saturated carbocycles. The molecule has 17 heavy (non-hydrogen) atoms. The molecule has 0 aliphatic rings. The molecule has 0 bridgehead atoms. The van der Waals surface area contributed by atoms with Crippen molar-refractivity contribution in [1.29, 1.82) is 0 Å². The molecule has 96 valence electrons. The number of benzene rings is 1. The van der Waals surface area contributed by atoms with Crippen LogP contribution >= 0.6 is 12.4 Å². The van der Waals surface area contributed by atoms with Crippen molar-refractivity contribution in [1.82, 2.24) is 0 Å². The van der Waals surface area contributed by atoms with Crippen molar-refractivity contribution >= 4 is 12.4 Å². The van der Waals surface area contributed by atoms with Crippen molar-refractivity contribution in [3.05, 3.63) is 35.7 Å². The summed E-state index contributed by atoms with van der Waals surface area (Å²) in [5, 5.41) is 9.80. The molecule has 0 aromatic heterocycles. The van der Waals surface area contributed by atoms with Gasteiger partial charge in [-0.2, -0.15) is 0 Å². The van der Waals surface area contributed by atoms with Gasteiger partial charge in [0.2, 0.25) is 0 Å². The standard InChI is InChI=1S/C12H16FNO2.ClH/c1-7(2)4-10(14)9-5-8(13)6-11(16-3)12(9)15;/h5-6,10,15H,1,4,14H2,2-3H3;1H/t10-;/m0./s1.